The number of carbonyl (C=O) groups is 1. The van der Waals surface area contributed by atoms with Gasteiger partial charge >= 0.3 is 0 Å². The van der Waals surface area contributed by atoms with Crippen molar-refractivity contribution in [1.82, 2.24) is 5.32 Å². The summed E-state index contributed by atoms with van der Waals surface area (Å²) in [6, 6.07) is 7.03. The van der Waals surface area contributed by atoms with Gasteiger partial charge in [-0.15, -0.1) is 0 Å². The molecule has 0 unspecified atom stereocenters. The molecule has 18 heavy (non-hydrogen) atoms. The van der Waals surface area contributed by atoms with Crippen LogP contribution in [0.15, 0.2) is 24.3 Å². The average molecular weight is 247 g/mol. The minimum Gasteiger partial charge on any atom is -0.395 e. The van der Waals surface area contributed by atoms with Crippen LogP contribution in [-0.2, 0) is 4.74 Å². The van der Waals surface area contributed by atoms with Crippen LogP contribution in [0.1, 0.15) is 22.3 Å². The minimum atomic E-state index is -0.123. The molecule has 0 aliphatic carbocycles. The molecular formula is C14H17NO3. The Morgan fingerprint density at radius 3 is 2.72 bits per heavy atom. The van der Waals surface area contributed by atoms with E-state index in [0.29, 0.717) is 25.1 Å². The number of ether oxygens (including phenoxy) is 1. The number of rotatable bonds is 5. The zero-order valence-corrected chi connectivity index (χ0v) is 10.4. The first-order valence-electron chi connectivity index (χ1n) is 5.75. The molecule has 1 aromatic rings. The van der Waals surface area contributed by atoms with Crippen molar-refractivity contribution in [2.75, 3.05) is 26.9 Å². The van der Waals surface area contributed by atoms with Gasteiger partial charge in [-0.1, -0.05) is 11.8 Å². The lowest BCUT2D eigenvalue weighted by Gasteiger charge is -2.04. The Kier molecular flexibility index (Phi) is 6.55. The van der Waals surface area contributed by atoms with Gasteiger partial charge in [0.1, 0.15) is 0 Å². The maximum atomic E-state index is 11.7. The molecule has 1 aromatic carbocycles. The molecule has 0 fully saturated rings. The van der Waals surface area contributed by atoms with Crippen LogP contribution in [0, 0.1) is 11.8 Å². The molecule has 0 aliphatic heterocycles. The average Bonchev–Trinajstić information content (AvgIpc) is 2.40. The van der Waals surface area contributed by atoms with Crippen molar-refractivity contribution in [2.45, 2.75) is 6.42 Å². The van der Waals surface area contributed by atoms with Gasteiger partial charge in [0.25, 0.3) is 5.91 Å². The molecule has 1 rings (SSSR count). The number of amides is 1. The zero-order chi connectivity index (χ0) is 13.2. The predicted octanol–water partition coefficient (Wildman–Crippen LogP) is 0.797. The zero-order valence-electron chi connectivity index (χ0n) is 10.4. The van der Waals surface area contributed by atoms with E-state index < -0.39 is 0 Å². The van der Waals surface area contributed by atoms with Crippen LogP contribution >= 0.6 is 0 Å². The van der Waals surface area contributed by atoms with Crippen LogP contribution in [0.2, 0.25) is 0 Å². The van der Waals surface area contributed by atoms with Gasteiger partial charge < -0.3 is 15.2 Å². The van der Waals surface area contributed by atoms with Gasteiger partial charge in [0, 0.05) is 31.2 Å². The quantitative estimate of drug-likeness (QED) is 0.597. The molecule has 96 valence electrons. The first kappa shape index (κ1) is 14.2. The summed E-state index contributed by atoms with van der Waals surface area (Å²) in [5, 5.41) is 11.3. The largest absolute Gasteiger partial charge is 0.395 e. The first-order chi connectivity index (χ1) is 8.77. The van der Waals surface area contributed by atoms with Crippen molar-refractivity contribution in [3.63, 3.8) is 0 Å². The molecule has 0 saturated carbocycles. The molecule has 0 bridgehead atoms. The van der Waals surface area contributed by atoms with E-state index in [9.17, 15) is 4.79 Å². The Bertz CT molecular complexity index is 429. The van der Waals surface area contributed by atoms with Gasteiger partial charge in [0.2, 0.25) is 0 Å². The van der Waals surface area contributed by atoms with Crippen molar-refractivity contribution in [3.05, 3.63) is 35.4 Å². The monoisotopic (exact) mass is 247 g/mol. The van der Waals surface area contributed by atoms with Crippen molar-refractivity contribution >= 4 is 5.91 Å². The van der Waals surface area contributed by atoms with Crippen molar-refractivity contribution in [3.8, 4) is 11.8 Å². The number of methoxy groups -OCH3 is 1. The summed E-state index contributed by atoms with van der Waals surface area (Å²) < 4.78 is 4.85. The van der Waals surface area contributed by atoms with Gasteiger partial charge in [0.15, 0.2) is 0 Å². The minimum absolute atomic E-state index is 0.0625. The highest BCUT2D eigenvalue weighted by Gasteiger charge is 2.03. The highest BCUT2D eigenvalue weighted by atomic mass is 16.5. The maximum Gasteiger partial charge on any atom is 0.251 e. The summed E-state index contributed by atoms with van der Waals surface area (Å²) in [5.74, 6) is 5.60. The molecule has 0 radical (unpaired) electrons. The van der Waals surface area contributed by atoms with Gasteiger partial charge in [-0.3, -0.25) is 4.79 Å². The molecule has 0 aromatic heterocycles. The van der Waals surface area contributed by atoms with Crippen molar-refractivity contribution < 1.29 is 14.6 Å². The highest BCUT2D eigenvalue weighted by Crippen LogP contribution is 2.03. The molecule has 4 nitrogen and oxygen atoms in total. The SMILES string of the molecule is COCCNC(=O)c1ccc(C#CCCO)cc1. The van der Waals surface area contributed by atoms with Crippen LogP contribution in [0.25, 0.3) is 0 Å². The third-order valence-electron chi connectivity index (χ3n) is 2.21. The smallest absolute Gasteiger partial charge is 0.251 e. The van der Waals surface area contributed by atoms with E-state index in [1.807, 2.05) is 0 Å². The van der Waals surface area contributed by atoms with E-state index in [0.717, 1.165) is 5.56 Å². The third-order valence-corrected chi connectivity index (χ3v) is 2.21. The summed E-state index contributed by atoms with van der Waals surface area (Å²) in [6.45, 7) is 1.05. The third kappa shape index (κ3) is 5.00. The van der Waals surface area contributed by atoms with Crippen molar-refractivity contribution in [1.29, 1.82) is 0 Å². The van der Waals surface area contributed by atoms with Crippen LogP contribution in [0.4, 0.5) is 0 Å². The fraction of sp³-hybridized carbons (Fsp3) is 0.357. The fourth-order valence-corrected chi connectivity index (χ4v) is 1.29. The van der Waals surface area contributed by atoms with E-state index in [-0.39, 0.29) is 12.5 Å². The van der Waals surface area contributed by atoms with E-state index in [2.05, 4.69) is 17.2 Å². The Balaban J connectivity index is 2.54. The Hall–Kier alpha value is -1.83. The molecular weight excluding hydrogens is 230 g/mol. The molecule has 0 heterocycles. The molecule has 0 saturated heterocycles. The molecule has 0 spiro atoms. The van der Waals surface area contributed by atoms with E-state index >= 15 is 0 Å². The number of carbonyl (C=O) groups excluding carboxylic acids is 1. The molecule has 2 N–H and O–H groups in total. The van der Waals surface area contributed by atoms with Gasteiger partial charge in [0.05, 0.1) is 13.2 Å². The molecule has 0 aliphatic rings. The summed E-state index contributed by atoms with van der Waals surface area (Å²) in [6.07, 6.45) is 0.458. The fourth-order valence-electron chi connectivity index (χ4n) is 1.29. The Morgan fingerprint density at radius 2 is 2.11 bits per heavy atom. The normalized spacial score (nSPS) is 9.44. The Labute approximate surface area is 107 Å². The number of aliphatic hydroxyl groups is 1. The predicted molar refractivity (Wildman–Crippen MR) is 69.2 cm³/mol. The van der Waals surface area contributed by atoms with E-state index in [1.165, 1.54) is 0 Å². The summed E-state index contributed by atoms with van der Waals surface area (Å²) in [7, 11) is 1.59. The topological polar surface area (TPSA) is 58.6 Å². The number of hydrogen-bond acceptors (Lipinski definition) is 3. The first-order valence-corrected chi connectivity index (χ1v) is 5.75. The van der Waals surface area contributed by atoms with Crippen LogP contribution < -0.4 is 5.32 Å². The summed E-state index contributed by atoms with van der Waals surface area (Å²) in [5.41, 5.74) is 1.43. The van der Waals surface area contributed by atoms with Gasteiger partial charge in [-0.2, -0.15) is 0 Å². The van der Waals surface area contributed by atoms with E-state index in [4.69, 9.17) is 9.84 Å². The van der Waals surface area contributed by atoms with Crippen LogP contribution in [0.5, 0.6) is 0 Å². The lowest BCUT2D eigenvalue weighted by Crippen LogP contribution is -2.26. The lowest BCUT2D eigenvalue weighted by molar-refractivity contribution is 0.0937. The summed E-state index contributed by atoms with van der Waals surface area (Å²) >= 11 is 0. The van der Waals surface area contributed by atoms with Crippen molar-refractivity contribution in [2.24, 2.45) is 0 Å². The highest BCUT2D eigenvalue weighted by molar-refractivity contribution is 5.94. The number of aliphatic hydroxyl groups excluding tert-OH is 1. The maximum absolute atomic E-state index is 11.7. The van der Waals surface area contributed by atoms with Crippen LogP contribution in [0.3, 0.4) is 0 Å². The lowest BCUT2D eigenvalue weighted by atomic mass is 10.1. The number of benzene rings is 1. The summed E-state index contributed by atoms with van der Waals surface area (Å²) in [4.78, 5) is 11.7. The molecule has 1 amide bonds. The number of hydrogen-bond donors (Lipinski definition) is 2. The Morgan fingerprint density at radius 1 is 1.39 bits per heavy atom. The second-order valence-corrected chi connectivity index (χ2v) is 3.60. The second-order valence-electron chi connectivity index (χ2n) is 3.60. The van der Waals surface area contributed by atoms with Gasteiger partial charge in [-0.25, -0.2) is 0 Å². The number of nitrogens with one attached hydrogen (secondary N) is 1. The second kappa shape index (κ2) is 8.29. The van der Waals surface area contributed by atoms with E-state index in [1.54, 1.807) is 31.4 Å². The standard InChI is InChI=1S/C14H17NO3/c1-18-11-9-15-14(17)13-7-5-12(6-8-13)4-2-3-10-16/h5-8,16H,3,9-11H2,1H3,(H,15,17). The molecule has 4 heteroatoms. The van der Waals surface area contributed by atoms with Gasteiger partial charge in [-0.05, 0) is 24.3 Å². The molecule has 0 atom stereocenters. The van der Waals surface area contributed by atoms with Crippen LogP contribution in [-0.4, -0.2) is 37.9 Å².